The first-order valence-corrected chi connectivity index (χ1v) is 9.35. The zero-order chi connectivity index (χ0) is 16.4. The van der Waals surface area contributed by atoms with Crippen LogP contribution in [0.2, 0.25) is 5.02 Å². The van der Waals surface area contributed by atoms with Gasteiger partial charge in [0.2, 0.25) is 5.13 Å². The Balaban J connectivity index is 1.70. The van der Waals surface area contributed by atoms with Crippen molar-refractivity contribution in [1.29, 1.82) is 0 Å². The minimum Gasteiger partial charge on any atom is -0.467 e. The summed E-state index contributed by atoms with van der Waals surface area (Å²) in [4.78, 5) is 0. The van der Waals surface area contributed by atoms with Gasteiger partial charge in [-0.15, -0.1) is 10.2 Å². The molecular formula is C15H18ClN3O2S2. The van der Waals surface area contributed by atoms with Gasteiger partial charge in [0, 0.05) is 27.4 Å². The minimum atomic E-state index is -0.0265. The van der Waals surface area contributed by atoms with Gasteiger partial charge in [-0.25, -0.2) is 0 Å². The third-order valence-corrected chi connectivity index (χ3v) is 5.23. The maximum Gasteiger partial charge on any atom is 0.206 e. The molecule has 2 heterocycles. The van der Waals surface area contributed by atoms with Crippen LogP contribution >= 0.6 is 34.7 Å². The average Bonchev–Trinajstić information content (AvgIpc) is 2.90. The SMILES string of the molecule is CC(C)(C)Nc1nnc(SCc2cc(Cl)cc3c2OCOC3)s1. The van der Waals surface area contributed by atoms with Crippen LogP contribution in [0.3, 0.4) is 0 Å². The second kappa shape index (κ2) is 6.84. The Morgan fingerprint density at radius 1 is 1.35 bits per heavy atom. The molecule has 0 amide bonds. The molecule has 0 bridgehead atoms. The van der Waals surface area contributed by atoms with Crippen molar-refractivity contribution in [2.24, 2.45) is 0 Å². The number of benzene rings is 1. The molecule has 0 saturated carbocycles. The minimum absolute atomic E-state index is 0.0265. The summed E-state index contributed by atoms with van der Waals surface area (Å²) in [5.74, 6) is 1.61. The molecule has 0 unspecified atom stereocenters. The molecule has 1 aromatic heterocycles. The fourth-order valence-electron chi connectivity index (χ4n) is 2.14. The zero-order valence-corrected chi connectivity index (χ0v) is 15.6. The summed E-state index contributed by atoms with van der Waals surface area (Å²) < 4.78 is 11.8. The Kier molecular flexibility index (Phi) is 5.01. The monoisotopic (exact) mass is 371 g/mol. The van der Waals surface area contributed by atoms with E-state index in [2.05, 4.69) is 36.3 Å². The van der Waals surface area contributed by atoms with Crippen LogP contribution in [0.5, 0.6) is 5.75 Å². The van der Waals surface area contributed by atoms with Gasteiger partial charge in [0.1, 0.15) is 5.75 Å². The molecule has 1 N–H and O–H groups in total. The number of aromatic nitrogens is 2. The summed E-state index contributed by atoms with van der Waals surface area (Å²) in [6, 6.07) is 3.83. The highest BCUT2D eigenvalue weighted by atomic mass is 35.5. The molecule has 2 aromatic rings. The van der Waals surface area contributed by atoms with E-state index in [4.69, 9.17) is 21.1 Å². The van der Waals surface area contributed by atoms with Crippen molar-refractivity contribution in [1.82, 2.24) is 10.2 Å². The van der Waals surface area contributed by atoms with Gasteiger partial charge in [-0.3, -0.25) is 0 Å². The quantitative estimate of drug-likeness (QED) is 0.795. The summed E-state index contributed by atoms with van der Waals surface area (Å²) in [5.41, 5.74) is 2.02. The topological polar surface area (TPSA) is 56.3 Å². The number of hydrogen-bond acceptors (Lipinski definition) is 7. The first kappa shape index (κ1) is 16.8. The van der Waals surface area contributed by atoms with Gasteiger partial charge in [0.05, 0.1) is 6.61 Å². The number of fused-ring (bicyclic) bond motifs is 1. The molecule has 0 atom stereocenters. The maximum absolute atomic E-state index is 6.18. The highest BCUT2D eigenvalue weighted by Crippen LogP contribution is 2.36. The van der Waals surface area contributed by atoms with Crippen molar-refractivity contribution in [2.75, 3.05) is 12.1 Å². The standard InChI is InChI=1S/C15H18ClN3O2S2/c1-15(2,3)17-13-18-19-14(23-13)22-7-10-5-11(16)4-9-6-20-8-21-12(9)10/h4-5H,6-8H2,1-3H3,(H,17,18). The molecule has 5 nitrogen and oxygen atoms in total. The third kappa shape index (κ3) is 4.50. The Morgan fingerprint density at radius 2 is 2.17 bits per heavy atom. The predicted octanol–water partition coefficient (Wildman–Crippen LogP) is 4.56. The molecule has 124 valence electrons. The Labute approximate surface area is 148 Å². The molecule has 3 rings (SSSR count). The molecule has 1 aromatic carbocycles. The van der Waals surface area contributed by atoms with E-state index < -0.39 is 0 Å². The Morgan fingerprint density at radius 3 is 2.96 bits per heavy atom. The number of nitrogens with one attached hydrogen (secondary N) is 1. The Hall–Kier alpha value is -1.02. The average molecular weight is 372 g/mol. The van der Waals surface area contributed by atoms with Gasteiger partial charge < -0.3 is 14.8 Å². The van der Waals surface area contributed by atoms with Crippen LogP contribution in [0, 0.1) is 0 Å². The van der Waals surface area contributed by atoms with Crippen molar-refractivity contribution in [3.63, 3.8) is 0 Å². The summed E-state index contributed by atoms with van der Waals surface area (Å²) in [6.45, 7) is 7.10. The van der Waals surface area contributed by atoms with Crippen molar-refractivity contribution in [2.45, 2.75) is 43.0 Å². The number of ether oxygens (including phenoxy) is 2. The second-order valence-corrected chi connectivity index (χ2v) is 8.84. The number of thioether (sulfide) groups is 1. The van der Waals surface area contributed by atoms with E-state index in [0.717, 1.165) is 32.1 Å². The van der Waals surface area contributed by atoms with Crippen molar-refractivity contribution < 1.29 is 9.47 Å². The second-order valence-electron chi connectivity index (χ2n) is 6.20. The predicted molar refractivity (Wildman–Crippen MR) is 94.6 cm³/mol. The third-order valence-electron chi connectivity index (χ3n) is 2.99. The molecule has 23 heavy (non-hydrogen) atoms. The van der Waals surface area contributed by atoms with E-state index in [1.807, 2.05) is 12.1 Å². The van der Waals surface area contributed by atoms with Crippen LogP contribution < -0.4 is 10.1 Å². The number of hydrogen-bond donors (Lipinski definition) is 1. The zero-order valence-electron chi connectivity index (χ0n) is 13.2. The lowest BCUT2D eigenvalue weighted by atomic mass is 10.1. The van der Waals surface area contributed by atoms with Crippen molar-refractivity contribution in [3.8, 4) is 5.75 Å². The van der Waals surface area contributed by atoms with Crippen LogP contribution in [-0.2, 0) is 17.1 Å². The number of anilines is 1. The lowest BCUT2D eigenvalue weighted by Gasteiger charge is -2.20. The summed E-state index contributed by atoms with van der Waals surface area (Å²) in [5, 5.41) is 13.3. The first-order chi connectivity index (χ1) is 10.9. The fraction of sp³-hybridized carbons (Fsp3) is 0.467. The van der Waals surface area contributed by atoms with E-state index >= 15 is 0 Å². The van der Waals surface area contributed by atoms with Crippen molar-refractivity contribution >= 4 is 39.8 Å². The van der Waals surface area contributed by atoms with Crippen LogP contribution in [0.25, 0.3) is 0 Å². The largest absolute Gasteiger partial charge is 0.467 e. The van der Waals surface area contributed by atoms with Gasteiger partial charge in [-0.2, -0.15) is 0 Å². The number of nitrogens with zero attached hydrogens (tertiary/aromatic N) is 2. The van der Waals surface area contributed by atoms with Gasteiger partial charge in [-0.1, -0.05) is 34.7 Å². The van der Waals surface area contributed by atoms with Crippen LogP contribution in [0.1, 0.15) is 31.9 Å². The molecule has 1 aliphatic rings. The maximum atomic E-state index is 6.18. The van der Waals surface area contributed by atoms with E-state index in [1.165, 1.54) is 0 Å². The first-order valence-electron chi connectivity index (χ1n) is 7.17. The van der Waals surface area contributed by atoms with E-state index in [0.29, 0.717) is 11.6 Å². The van der Waals surface area contributed by atoms with Gasteiger partial charge in [0.25, 0.3) is 0 Å². The van der Waals surface area contributed by atoms with E-state index in [1.54, 1.807) is 23.1 Å². The molecule has 8 heteroatoms. The molecule has 0 saturated heterocycles. The molecular weight excluding hydrogens is 354 g/mol. The van der Waals surface area contributed by atoms with Gasteiger partial charge >= 0.3 is 0 Å². The number of rotatable bonds is 4. The van der Waals surface area contributed by atoms with Gasteiger partial charge in [-0.05, 0) is 32.9 Å². The molecule has 0 radical (unpaired) electrons. The summed E-state index contributed by atoms with van der Waals surface area (Å²) in [7, 11) is 0. The normalized spacial score (nSPS) is 14.3. The van der Waals surface area contributed by atoms with Crippen LogP contribution in [-0.4, -0.2) is 22.5 Å². The molecule has 0 fully saturated rings. The van der Waals surface area contributed by atoms with E-state index in [9.17, 15) is 0 Å². The van der Waals surface area contributed by atoms with Crippen LogP contribution in [0.15, 0.2) is 16.5 Å². The highest BCUT2D eigenvalue weighted by Gasteiger charge is 2.18. The Bertz CT molecular complexity index is 701. The van der Waals surface area contributed by atoms with Crippen LogP contribution in [0.4, 0.5) is 5.13 Å². The lowest BCUT2D eigenvalue weighted by Crippen LogP contribution is -2.25. The van der Waals surface area contributed by atoms with Gasteiger partial charge in [0.15, 0.2) is 11.1 Å². The fourth-order valence-corrected chi connectivity index (χ4v) is 4.33. The van der Waals surface area contributed by atoms with Crippen molar-refractivity contribution in [3.05, 3.63) is 28.3 Å². The molecule has 1 aliphatic heterocycles. The smallest absolute Gasteiger partial charge is 0.206 e. The van der Waals surface area contributed by atoms with E-state index in [-0.39, 0.29) is 12.3 Å². The molecule has 0 aliphatic carbocycles. The summed E-state index contributed by atoms with van der Waals surface area (Å²) in [6.07, 6.45) is 0. The summed E-state index contributed by atoms with van der Waals surface area (Å²) >= 11 is 9.36. The highest BCUT2D eigenvalue weighted by molar-refractivity contribution is 8.00. The molecule has 0 spiro atoms. The lowest BCUT2D eigenvalue weighted by molar-refractivity contribution is -0.0168. The number of halogens is 1.